The lowest BCUT2D eigenvalue weighted by Gasteiger charge is -2.31. The van der Waals surface area contributed by atoms with Crippen LogP contribution < -0.4 is 0 Å². The third-order valence-electron chi connectivity index (χ3n) is 2.45. The van der Waals surface area contributed by atoms with Crippen LogP contribution in [-0.4, -0.2) is 31.1 Å². The average molecular weight is 183 g/mol. The van der Waals surface area contributed by atoms with Crippen molar-refractivity contribution in [2.75, 3.05) is 20.2 Å². The van der Waals surface area contributed by atoms with Gasteiger partial charge >= 0.3 is 5.97 Å². The predicted octanol–water partition coefficient (Wildman–Crippen LogP) is 1.41. The molecule has 1 saturated heterocycles. The molecule has 3 heteroatoms. The molecule has 1 fully saturated rings. The van der Waals surface area contributed by atoms with Crippen LogP contribution >= 0.6 is 0 Å². The van der Waals surface area contributed by atoms with E-state index in [0.29, 0.717) is 6.61 Å². The average Bonchev–Trinajstić information content (AvgIpc) is 2.10. The van der Waals surface area contributed by atoms with Crippen LogP contribution in [0, 0.1) is 5.92 Å². The normalized spacial score (nSPS) is 23.1. The minimum Gasteiger partial charge on any atom is -0.466 e. The molecule has 0 aromatic carbocycles. The maximum absolute atomic E-state index is 11.4. The quantitative estimate of drug-likeness (QED) is 0.606. The van der Waals surface area contributed by atoms with Crippen molar-refractivity contribution in [3.63, 3.8) is 0 Å². The minimum atomic E-state index is -0.0725. The Balaban J connectivity index is 2.45. The second-order valence-electron chi connectivity index (χ2n) is 3.43. The van der Waals surface area contributed by atoms with E-state index in [9.17, 15) is 4.79 Å². The van der Waals surface area contributed by atoms with E-state index in [4.69, 9.17) is 4.74 Å². The minimum absolute atomic E-state index is 0.0312. The van der Waals surface area contributed by atoms with Crippen LogP contribution in [-0.2, 0) is 9.53 Å². The first-order valence-electron chi connectivity index (χ1n) is 4.70. The summed E-state index contributed by atoms with van der Waals surface area (Å²) in [6, 6.07) is 0. The van der Waals surface area contributed by atoms with E-state index in [1.807, 2.05) is 14.0 Å². The number of hydrogen-bond donors (Lipinski definition) is 0. The first-order chi connectivity index (χ1) is 6.15. The van der Waals surface area contributed by atoms with Gasteiger partial charge in [0, 0.05) is 25.7 Å². The van der Waals surface area contributed by atoms with Crippen molar-refractivity contribution in [2.45, 2.75) is 19.8 Å². The molecule has 1 heterocycles. The summed E-state index contributed by atoms with van der Waals surface area (Å²) in [6.07, 6.45) is 1.63. The molecule has 0 aromatic heterocycles. The van der Waals surface area contributed by atoms with E-state index in [-0.39, 0.29) is 11.9 Å². The Morgan fingerprint density at radius 2 is 2.46 bits per heavy atom. The van der Waals surface area contributed by atoms with E-state index in [2.05, 4.69) is 11.5 Å². The lowest BCUT2D eigenvalue weighted by Crippen LogP contribution is -2.32. The van der Waals surface area contributed by atoms with Crippen molar-refractivity contribution in [1.82, 2.24) is 4.90 Å². The smallest absolute Gasteiger partial charge is 0.309 e. The maximum atomic E-state index is 11.4. The van der Waals surface area contributed by atoms with Crippen LogP contribution in [0.1, 0.15) is 19.8 Å². The van der Waals surface area contributed by atoms with Crippen molar-refractivity contribution in [2.24, 2.45) is 5.92 Å². The molecule has 1 atom stereocenters. The summed E-state index contributed by atoms with van der Waals surface area (Å²) >= 11 is 0. The summed E-state index contributed by atoms with van der Waals surface area (Å²) in [5.41, 5.74) is 1.03. The van der Waals surface area contributed by atoms with Gasteiger partial charge in [-0.15, -0.1) is 0 Å². The van der Waals surface area contributed by atoms with Gasteiger partial charge in [-0.25, -0.2) is 0 Å². The molecule has 0 aromatic rings. The molecule has 0 N–H and O–H groups in total. The molecule has 3 nitrogen and oxygen atoms in total. The van der Waals surface area contributed by atoms with Crippen molar-refractivity contribution in [3.8, 4) is 0 Å². The molecule has 74 valence electrons. The fourth-order valence-electron chi connectivity index (χ4n) is 1.51. The second-order valence-corrected chi connectivity index (χ2v) is 3.43. The first-order valence-corrected chi connectivity index (χ1v) is 4.70. The fourth-order valence-corrected chi connectivity index (χ4v) is 1.51. The SMILES string of the molecule is C=C1C[C@@H](C(=O)OCC)CCN1C. The lowest BCUT2D eigenvalue weighted by molar-refractivity contribution is -0.148. The lowest BCUT2D eigenvalue weighted by atomic mass is 9.95. The largest absolute Gasteiger partial charge is 0.466 e. The summed E-state index contributed by atoms with van der Waals surface area (Å²) in [4.78, 5) is 13.5. The van der Waals surface area contributed by atoms with Crippen molar-refractivity contribution in [3.05, 3.63) is 12.3 Å². The first kappa shape index (κ1) is 10.1. The van der Waals surface area contributed by atoms with Crippen LogP contribution in [0.25, 0.3) is 0 Å². The number of nitrogens with zero attached hydrogens (tertiary/aromatic N) is 1. The molecular formula is C10H17NO2. The number of carbonyl (C=O) groups excluding carboxylic acids is 1. The van der Waals surface area contributed by atoms with Crippen molar-refractivity contribution in [1.29, 1.82) is 0 Å². The highest BCUT2D eigenvalue weighted by atomic mass is 16.5. The molecule has 0 unspecified atom stereocenters. The molecule has 13 heavy (non-hydrogen) atoms. The third kappa shape index (κ3) is 2.47. The highest BCUT2D eigenvalue weighted by Crippen LogP contribution is 2.24. The third-order valence-corrected chi connectivity index (χ3v) is 2.45. The van der Waals surface area contributed by atoms with E-state index in [0.717, 1.165) is 25.1 Å². The van der Waals surface area contributed by atoms with Gasteiger partial charge in [0.05, 0.1) is 12.5 Å². The Kier molecular flexibility index (Phi) is 3.34. The molecule has 0 bridgehead atoms. The number of esters is 1. The highest BCUT2D eigenvalue weighted by Gasteiger charge is 2.26. The van der Waals surface area contributed by atoms with Crippen LogP contribution in [0.3, 0.4) is 0 Å². The Labute approximate surface area is 79.4 Å². The van der Waals surface area contributed by atoms with Crippen LogP contribution in [0.2, 0.25) is 0 Å². The Bertz CT molecular complexity index is 213. The summed E-state index contributed by atoms with van der Waals surface area (Å²) in [7, 11) is 2.00. The zero-order chi connectivity index (χ0) is 9.84. The zero-order valence-electron chi connectivity index (χ0n) is 8.38. The molecule has 0 amide bonds. The molecule has 0 radical (unpaired) electrons. The van der Waals surface area contributed by atoms with Gasteiger partial charge in [-0.05, 0) is 13.3 Å². The summed E-state index contributed by atoms with van der Waals surface area (Å²) in [5.74, 6) is -0.0413. The van der Waals surface area contributed by atoms with Gasteiger partial charge in [0.1, 0.15) is 0 Å². The number of allylic oxidation sites excluding steroid dienone is 1. The van der Waals surface area contributed by atoms with Crippen LogP contribution in [0.5, 0.6) is 0 Å². The molecular weight excluding hydrogens is 166 g/mol. The number of likely N-dealkylation sites (tertiary alicyclic amines) is 1. The van der Waals surface area contributed by atoms with Gasteiger partial charge in [0.2, 0.25) is 0 Å². The monoisotopic (exact) mass is 183 g/mol. The number of hydrogen-bond acceptors (Lipinski definition) is 3. The van der Waals surface area contributed by atoms with Gasteiger partial charge in [-0.1, -0.05) is 6.58 Å². The number of rotatable bonds is 2. The summed E-state index contributed by atoms with van der Waals surface area (Å²) < 4.78 is 4.97. The van der Waals surface area contributed by atoms with Gasteiger partial charge < -0.3 is 9.64 Å². The summed E-state index contributed by atoms with van der Waals surface area (Å²) in [6.45, 7) is 7.12. The number of carbonyl (C=O) groups is 1. The van der Waals surface area contributed by atoms with Gasteiger partial charge in [-0.3, -0.25) is 4.79 Å². The molecule has 1 rings (SSSR count). The molecule has 0 saturated carbocycles. The molecule has 1 aliphatic rings. The fraction of sp³-hybridized carbons (Fsp3) is 0.700. The van der Waals surface area contributed by atoms with E-state index in [1.165, 1.54) is 0 Å². The standard InChI is InChI=1S/C10H17NO2/c1-4-13-10(12)9-5-6-11(3)8(2)7-9/h9H,2,4-7H2,1,3H3/t9-/m0/s1. The highest BCUT2D eigenvalue weighted by molar-refractivity contribution is 5.72. The van der Waals surface area contributed by atoms with Gasteiger partial charge in [0.25, 0.3) is 0 Å². The van der Waals surface area contributed by atoms with Gasteiger partial charge in [0.15, 0.2) is 0 Å². The summed E-state index contributed by atoms with van der Waals surface area (Å²) in [5, 5.41) is 0. The van der Waals surface area contributed by atoms with E-state index < -0.39 is 0 Å². The Hall–Kier alpha value is -0.990. The topological polar surface area (TPSA) is 29.5 Å². The molecule has 0 spiro atoms. The van der Waals surface area contributed by atoms with Crippen LogP contribution in [0.15, 0.2) is 12.3 Å². The van der Waals surface area contributed by atoms with Crippen LogP contribution in [0.4, 0.5) is 0 Å². The molecule has 0 aliphatic carbocycles. The number of piperidine rings is 1. The Morgan fingerprint density at radius 1 is 1.77 bits per heavy atom. The molecule has 1 aliphatic heterocycles. The Morgan fingerprint density at radius 3 is 3.00 bits per heavy atom. The van der Waals surface area contributed by atoms with E-state index in [1.54, 1.807) is 0 Å². The van der Waals surface area contributed by atoms with Gasteiger partial charge in [-0.2, -0.15) is 0 Å². The van der Waals surface area contributed by atoms with E-state index >= 15 is 0 Å². The zero-order valence-corrected chi connectivity index (χ0v) is 8.38. The van der Waals surface area contributed by atoms with Crippen molar-refractivity contribution < 1.29 is 9.53 Å². The maximum Gasteiger partial charge on any atom is 0.309 e. The predicted molar refractivity (Wildman–Crippen MR) is 51.1 cm³/mol. The second kappa shape index (κ2) is 4.30. The van der Waals surface area contributed by atoms with Crippen molar-refractivity contribution >= 4 is 5.97 Å². The number of ether oxygens (including phenoxy) is 1.